The molecule has 2 atom stereocenters. The number of carbonyl (C=O) groups is 2. The summed E-state index contributed by atoms with van der Waals surface area (Å²) < 4.78 is 7.23. The molecule has 1 aliphatic rings. The number of ether oxygens (including phenoxy) is 1. The Bertz CT molecular complexity index is 1010. The minimum absolute atomic E-state index is 0.0976. The van der Waals surface area contributed by atoms with E-state index in [0.29, 0.717) is 34.7 Å². The second kappa shape index (κ2) is 11.3. The van der Waals surface area contributed by atoms with E-state index in [-0.39, 0.29) is 31.5 Å². The van der Waals surface area contributed by atoms with Crippen molar-refractivity contribution in [2.75, 3.05) is 18.5 Å². The predicted molar refractivity (Wildman–Crippen MR) is 124 cm³/mol. The average Bonchev–Trinajstić information content (AvgIpc) is 3.35. The number of carbonyl (C=O) groups excluding carboxylic acids is 2. The Balaban J connectivity index is 1.69. The number of benzene rings is 1. The molecule has 0 unspecified atom stereocenters. The Kier molecular flexibility index (Phi) is 8.49. The molecule has 3 N–H and O–H groups in total. The van der Waals surface area contributed by atoms with Crippen molar-refractivity contribution in [3.8, 4) is 5.75 Å². The molecule has 1 aromatic heterocycles. The van der Waals surface area contributed by atoms with Gasteiger partial charge in [-0.2, -0.15) is 5.10 Å². The SMILES string of the molecule is CC(C)CC[C@@H](C(=O)Nc1ccn(C[C@@H](O)CO)n1)N1CC(Oc2ccccc2Cl)=CC1=O. The number of aliphatic hydroxyl groups is 2. The molecule has 1 aromatic carbocycles. The second-order valence-corrected chi connectivity index (χ2v) is 8.75. The number of para-hydroxylation sites is 1. The lowest BCUT2D eigenvalue weighted by atomic mass is 10.0. The minimum atomic E-state index is -0.947. The van der Waals surface area contributed by atoms with Crippen molar-refractivity contribution in [3.63, 3.8) is 0 Å². The first kappa shape index (κ1) is 24.8. The van der Waals surface area contributed by atoms with E-state index in [9.17, 15) is 14.7 Å². The van der Waals surface area contributed by atoms with Gasteiger partial charge < -0.3 is 25.2 Å². The maximum atomic E-state index is 13.1. The first-order valence-corrected chi connectivity index (χ1v) is 11.2. The summed E-state index contributed by atoms with van der Waals surface area (Å²) >= 11 is 6.15. The first-order valence-electron chi connectivity index (χ1n) is 10.8. The summed E-state index contributed by atoms with van der Waals surface area (Å²) in [6, 6.07) is 7.86. The third-order valence-electron chi connectivity index (χ3n) is 5.17. The molecule has 33 heavy (non-hydrogen) atoms. The molecule has 0 radical (unpaired) electrons. The van der Waals surface area contributed by atoms with Crippen LogP contribution >= 0.6 is 11.6 Å². The van der Waals surface area contributed by atoms with Crippen LogP contribution in [0.4, 0.5) is 5.82 Å². The lowest BCUT2D eigenvalue weighted by Crippen LogP contribution is -2.45. The van der Waals surface area contributed by atoms with Crippen molar-refractivity contribution in [2.45, 2.75) is 45.4 Å². The lowest BCUT2D eigenvalue weighted by Gasteiger charge is -2.27. The van der Waals surface area contributed by atoms with Crippen LogP contribution in [0.15, 0.2) is 48.4 Å². The molecule has 2 amide bonds. The van der Waals surface area contributed by atoms with E-state index >= 15 is 0 Å². The van der Waals surface area contributed by atoms with Gasteiger partial charge in [0.25, 0.3) is 5.91 Å². The second-order valence-electron chi connectivity index (χ2n) is 8.34. The zero-order valence-corrected chi connectivity index (χ0v) is 19.4. The number of nitrogens with one attached hydrogen (secondary N) is 1. The van der Waals surface area contributed by atoms with Gasteiger partial charge in [-0.15, -0.1) is 0 Å². The lowest BCUT2D eigenvalue weighted by molar-refractivity contribution is -0.133. The van der Waals surface area contributed by atoms with Gasteiger partial charge in [0.1, 0.15) is 17.6 Å². The third-order valence-corrected chi connectivity index (χ3v) is 5.48. The summed E-state index contributed by atoms with van der Waals surface area (Å²) in [6.07, 6.45) is 3.25. The Labute approximate surface area is 197 Å². The number of hydrogen-bond donors (Lipinski definition) is 3. The van der Waals surface area contributed by atoms with Crippen molar-refractivity contribution in [1.82, 2.24) is 14.7 Å². The molecule has 178 valence electrons. The average molecular weight is 477 g/mol. The Morgan fingerprint density at radius 2 is 2.03 bits per heavy atom. The summed E-state index contributed by atoms with van der Waals surface area (Å²) in [5.41, 5.74) is 0. The molecule has 1 aliphatic heterocycles. The van der Waals surface area contributed by atoms with Crippen molar-refractivity contribution >= 4 is 29.2 Å². The van der Waals surface area contributed by atoms with E-state index in [1.54, 1.807) is 36.5 Å². The molecule has 0 fully saturated rings. The number of aromatic nitrogens is 2. The van der Waals surface area contributed by atoms with E-state index in [1.807, 2.05) is 0 Å². The summed E-state index contributed by atoms with van der Waals surface area (Å²) in [4.78, 5) is 27.4. The van der Waals surface area contributed by atoms with E-state index in [0.717, 1.165) is 6.42 Å². The number of nitrogens with zero attached hydrogens (tertiary/aromatic N) is 3. The molecule has 0 spiro atoms. The summed E-state index contributed by atoms with van der Waals surface area (Å²) in [5, 5.41) is 25.9. The van der Waals surface area contributed by atoms with E-state index in [4.69, 9.17) is 21.4 Å². The third kappa shape index (κ3) is 6.80. The predicted octanol–water partition coefficient (Wildman–Crippen LogP) is 2.44. The fourth-order valence-corrected chi connectivity index (χ4v) is 3.61. The summed E-state index contributed by atoms with van der Waals surface area (Å²) in [6.45, 7) is 3.97. The van der Waals surface area contributed by atoms with Gasteiger partial charge in [0.05, 0.1) is 30.8 Å². The van der Waals surface area contributed by atoms with E-state index < -0.39 is 12.1 Å². The number of rotatable bonds is 11. The number of halogens is 1. The van der Waals surface area contributed by atoms with E-state index in [1.165, 1.54) is 15.7 Å². The van der Waals surface area contributed by atoms with Crippen LogP contribution in [-0.4, -0.2) is 62.0 Å². The maximum absolute atomic E-state index is 13.1. The highest BCUT2D eigenvalue weighted by Gasteiger charge is 2.34. The van der Waals surface area contributed by atoms with Crippen molar-refractivity contribution in [3.05, 3.63) is 53.4 Å². The van der Waals surface area contributed by atoms with Gasteiger partial charge in [-0.1, -0.05) is 37.6 Å². The molecule has 9 nitrogen and oxygen atoms in total. The van der Waals surface area contributed by atoms with Crippen LogP contribution in [0.3, 0.4) is 0 Å². The van der Waals surface area contributed by atoms with Crippen LogP contribution in [0, 0.1) is 5.92 Å². The Morgan fingerprint density at radius 3 is 2.73 bits per heavy atom. The van der Waals surface area contributed by atoms with Gasteiger partial charge >= 0.3 is 0 Å². The number of amides is 2. The van der Waals surface area contributed by atoms with Crippen LogP contribution in [0.2, 0.25) is 5.02 Å². The van der Waals surface area contributed by atoms with Gasteiger partial charge in [-0.05, 0) is 30.9 Å². The summed E-state index contributed by atoms with van der Waals surface area (Å²) in [7, 11) is 0. The molecular formula is C23H29ClN4O5. The summed E-state index contributed by atoms with van der Waals surface area (Å²) in [5.74, 6) is 0.842. The molecule has 0 saturated heterocycles. The Hall–Kier alpha value is -2.88. The molecular weight excluding hydrogens is 448 g/mol. The maximum Gasteiger partial charge on any atom is 0.251 e. The molecule has 0 saturated carbocycles. The van der Waals surface area contributed by atoms with Crippen LogP contribution in [0.25, 0.3) is 0 Å². The highest BCUT2D eigenvalue weighted by molar-refractivity contribution is 6.32. The fourth-order valence-electron chi connectivity index (χ4n) is 3.44. The largest absolute Gasteiger partial charge is 0.458 e. The molecule has 2 heterocycles. The standard InChI is InChI=1S/C23H29ClN4O5/c1-15(2)7-8-19(23(32)25-21-9-10-27(26-21)12-16(30)14-29)28-13-17(11-22(28)31)33-20-6-4-3-5-18(20)24/h3-6,9-11,15-16,19,29-30H,7-8,12-14H2,1-2H3,(H,25,26,32)/t16-,19+/m1/s1. The van der Waals surface area contributed by atoms with Crippen molar-refractivity contribution in [1.29, 1.82) is 0 Å². The quantitative estimate of drug-likeness (QED) is 0.458. The fraction of sp³-hybridized carbons (Fsp3) is 0.435. The van der Waals surface area contributed by atoms with Gasteiger partial charge in [-0.3, -0.25) is 14.3 Å². The van der Waals surface area contributed by atoms with Crippen LogP contribution in [-0.2, 0) is 16.1 Å². The first-order chi connectivity index (χ1) is 15.8. The zero-order chi connectivity index (χ0) is 24.0. The molecule has 0 aliphatic carbocycles. The van der Waals surface area contributed by atoms with Gasteiger partial charge in [-0.25, -0.2) is 0 Å². The molecule has 10 heteroatoms. The van der Waals surface area contributed by atoms with Crippen LogP contribution < -0.4 is 10.1 Å². The minimum Gasteiger partial charge on any atom is -0.458 e. The van der Waals surface area contributed by atoms with Gasteiger partial charge in [0.2, 0.25) is 5.91 Å². The van der Waals surface area contributed by atoms with Crippen LogP contribution in [0.5, 0.6) is 5.75 Å². The topological polar surface area (TPSA) is 117 Å². The van der Waals surface area contributed by atoms with Crippen LogP contribution in [0.1, 0.15) is 26.7 Å². The molecule has 2 aromatic rings. The normalized spacial score (nSPS) is 15.5. The number of aliphatic hydroxyl groups excluding tert-OH is 2. The highest BCUT2D eigenvalue weighted by Crippen LogP contribution is 2.28. The van der Waals surface area contributed by atoms with Gasteiger partial charge in [0.15, 0.2) is 5.82 Å². The smallest absolute Gasteiger partial charge is 0.251 e. The van der Waals surface area contributed by atoms with Gasteiger partial charge in [0, 0.05) is 18.3 Å². The molecule has 0 bridgehead atoms. The highest BCUT2D eigenvalue weighted by atomic mass is 35.5. The van der Waals surface area contributed by atoms with E-state index in [2.05, 4.69) is 24.3 Å². The number of hydrogen-bond acceptors (Lipinski definition) is 6. The monoisotopic (exact) mass is 476 g/mol. The number of anilines is 1. The zero-order valence-electron chi connectivity index (χ0n) is 18.6. The molecule has 3 rings (SSSR count). The Morgan fingerprint density at radius 1 is 1.27 bits per heavy atom. The van der Waals surface area contributed by atoms with Crippen molar-refractivity contribution in [2.24, 2.45) is 5.92 Å². The van der Waals surface area contributed by atoms with Crippen molar-refractivity contribution < 1.29 is 24.5 Å².